The number of halogens is 2. The van der Waals surface area contributed by atoms with Crippen molar-refractivity contribution in [3.8, 4) is 11.5 Å². The predicted octanol–water partition coefficient (Wildman–Crippen LogP) is 5.04. The van der Waals surface area contributed by atoms with Gasteiger partial charge in [-0.3, -0.25) is 9.59 Å². The first kappa shape index (κ1) is 22.2. The Labute approximate surface area is 186 Å². The zero-order valence-corrected chi connectivity index (χ0v) is 18.3. The van der Waals surface area contributed by atoms with E-state index < -0.39 is 0 Å². The minimum absolute atomic E-state index is 0.0450. The largest absolute Gasteiger partial charge is 0.490 e. The highest BCUT2D eigenvalue weighted by Crippen LogP contribution is 2.30. The van der Waals surface area contributed by atoms with Crippen molar-refractivity contribution in [2.75, 3.05) is 31.6 Å². The normalized spacial score (nSPS) is 13.6. The number of nitrogens with zero attached hydrogens (tertiary/aromatic N) is 1. The average Bonchev–Trinajstić information content (AvgIpc) is 2.75. The summed E-state index contributed by atoms with van der Waals surface area (Å²) in [5, 5.41) is 3.58. The third-order valence-corrected chi connectivity index (χ3v) is 5.29. The first-order chi connectivity index (χ1) is 14.5. The molecule has 0 saturated carbocycles. The van der Waals surface area contributed by atoms with Crippen molar-refractivity contribution in [3.05, 3.63) is 52.0 Å². The molecule has 2 aromatic carbocycles. The number of rotatable bonds is 7. The highest BCUT2D eigenvalue weighted by atomic mass is 35.5. The number of hydrogen-bond donors (Lipinski definition) is 1. The van der Waals surface area contributed by atoms with Crippen LogP contribution in [0.3, 0.4) is 0 Å². The second-order valence-corrected chi connectivity index (χ2v) is 7.75. The van der Waals surface area contributed by atoms with E-state index in [1.54, 1.807) is 36.4 Å². The fourth-order valence-electron chi connectivity index (χ4n) is 3.20. The van der Waals surface area contributed by atoms with Crippen molar-refractivity contribution in [3.63, 3.8) is 0 Å². The molecule has 0 aliphatic carbocycles. The van der Waals surface area contributed by atoms with Gasteiger partial charge in [0.2, 0.25) is 0 Å². The fraction of sp³-hybridized carbons (Fsp3) is 0.364. The summed E-state index contributed by atoms with van der Waals surface area (Å²) in [6.07, 6.45) is 3.21. The molecule has 0 atom stereocenters. The number of piperidine rings is 1. The van der Waals surface area contributed by atoms with Gasteiger partial charge in [0.1, 0.15) is 0 Å². The van der Waals surface area contributed by atoms with Gasteiger partial charge in [-0.25, -0.2) is 0 Å². The highest BCUT2D eigenvalue weighted by Gasteiger charge is 2.18. The second-order valence-electron chi connectivity index (χ2n) is 6.90. The lowest BCUT2D eigenvalue weighted by molar-refractivity contribution is -0.134. The summed E-state index contributed by atoms with van der Waals surface area (Å²) in [6, 6.07) is 9.67. The molecule has 2 aromatic rings. The molecule has 30 heavy (non-hydrogen) atoms. The molecular weight excluding hydrogens is 427 g/mol. The van der Waals surface area contributed by atoms with Crippen LogP contribution in [-0.2, 0) is 4.79 Å². The number of carbonyl (C=O) groups is 2. The van der Waals surface area contributed by atoms with Crippen LogP contribution in [0.4, 0.5) is 5.69 Å². The molecule has 0 aromatic heterocycles. The van der Waals surface area contributed by atoms with Crippen LogP contribution in [0.1, 0.15) is 36.5 Å². The Bertz CT molecular complexity index is 914. The van der Waals surface area contributed by atoms with Crippen LogP contribution in [0.5, 0.6) is 11.5 Å². The van der Waals surface area contributed by atoms with Gasteiger partial charge in [-0.2, -0.15) is 0 Å². The third-order valence-electron chi connectivity index (χ3n) is 4.74. The lowest BCUT2D eigenvalue weighted by Crippen LogP contribution is -2.38. The minimum Gasteiger partial charge on any atom is -0.490 e. The Kier molecular flexibility index (Phi) is 7.82. The number of anilines is 1. The van der Waals surface area contributed by atoms with Crippen molar-refractivity contribution in [2.45, 2.75) is 26.2 Å². The number of amides is 2. The highest BCUT2D eigenvalue weighted by molar-refractivity contribution is 6.36. The molecule has 1 saturated heterocycles. The first-order valence-electron chi connectivity index (χ1n) is 9.91. The quantitative estimate of drug-likeness (QED) is 0.641. The summed E-state index contributed by atoms with van der Waals surface area (Å²) in [4.78, 5) is 26.8. The number of likely N-dealkylation sites (tertiary alicyclic amines) is 1. The molecule has 160 valence electrons. The average molecular weight is 451 g/mol. The first-order valence-corrected chi connectivity index (χ1v) is 10.7. The van der Waals surface area contributed by atoms with Crippen LogP contribution in [0, 0.1) is 0 Å². The Balaban J connectivity index is 1.69. The third kappa shape index (κ3) is 5.80. The van der Waals surface area contributed by atoms with Crippen LogP contribution in [0.25, 0.3) is 0 Å². The molecule has 1 aliphatic rings. The molecule has 0 unspecified atom stereocenters. The minimum atomic E-state index is -0.351. The topological polar surface area (TPSA) is 67.9 Å². The van der Waals surface area contributed by atoms with Crippen LogP contribution in [0.15, 0.2) is 36.4 Å². The molecular formula is C22H24Cl2N2O4. The summed E-state index contributed by atoms with van der Waals surface area (Å²) >= 11 is 12.0. The van der Waals surface area contributed by atoms with Crippen LogP contribution in [0.2, 0.25) is 10.0 Å². The van der Waals surface area contributed by atoms with Crippen molar-refractivity contribution < 1.29 is 19.1 Å². The van der Waals surface area contributed by atoms with Gasteiger partial charge in [0.05, 0.1) is 17.3 Å². The molecule has 0 radical (unpaired) electrons. The van der Waals surface area contributed by atoms with Crippen molar-refractivity contribution in [1.82, 2.24) is 4.90 Å². The molecule has 0 bridgehead atoms. The molecule has 0 spiro atoms. The van der Waals surface area contributed by atoms with Crippen molar-refractivity contribution >= 4 is 40.7 Å². The number of hydrogen-bond acceptors (Lipinski definition) is 4. The fourth-order valence-corrected chi connectivity index (χ4v) is 3.65. The van der Waals surface area contributed by atoms with E-state index in [0.29, 0.717) is 39.4 Å². The summed E-state index contributed by atoms with van der Waals surface area (Å²) in [5.74, 6) is 0.426. The van der Waals surface area contributed by atoms with E-state index in [2.05, 4.69) is 5.32 Å². The Morgan fingerprint density at radius 1 is 1.00 bits per heavy atom. The Hall–Kier alpha value is -2.44. The Morgan fingerprint density at radius 3 is 2.47 bits per heavy atom. The van der Waals surface area contributed by atoms with E-state index >= 15 is 0 Å². The van der Waals surface area contributed by atoms with Gasteiger partial charge >= 0.3 is 0 Å². The van der Waals surface area contributed by atoms with Gasteiger partial charge < -0.3 is 19.7 Å². The smallest absolute Gasteiger partial charge is 0.260 e. The van der Waals surface area contributed by atoms with Crippen LogP contribution < -0.4 is 14.8 Å². The molecule has 1 aliphatic heterocycles. The van der Waals surface area contributed by atoms with Gasteiger partial charge in [-0.1, -0.05) is 23.2 Å². The lowest BCUT2D eigenvalue weighted by Gasteiger charge is -2.26. The van der Waals surface area contributed by atoms with Gasteiger partial charge in [-0.15, -0.1) is 0 Å². The van der Waals surface area contributed by atoms with E-state index in [1.165, 1.54) is 0 Å². The predicted molar refractivity (Wildman–Crippen MR) is 118 cm³/mol. The van der Waals surface area contributed by atoms with Crippen molar-refractivity contribution in [2.24, 2.45) is 0 Å². The Morgan fingerprint density at radius 2 is 1.77 bits per heavy atom. The van der Waals surface area contributed by atoms with E-state index in [1.807, 2.05) is 11.8 Å². The second kappa shape index (κ2) is 10.5. The summed E-state index contributed by atoms with van der Waals surface area (Å²) < 4.78 is 11.3. The molecule has 8 heteroatoms. The maximum absolute atomic E-state index is 12.6. The van der Waals surface area contributed by atoms with Crippen LogP contribution in [-0.4, -0.2) is 43.0 Å². The molecule has 1 fully saturated rings. The van der Waals surface area contributed by atoms with Crippen molar-refractivity contribution in [1.29, 1.82) is 0 Å². The van der Waals surface area contributed by atoms with Crippen LogP contribution >= 0.6 is 23.2 Å². The number of ether oxygens (including phenoxy) is 2. The lowest BCUT2D eigenvalue weighted by atomic mass is 10.1. The van der Waals surface area contributed by atoms with Gasteiger partial charge in [-0.05, 0) is 62.6 Å². The molecule has 6 nitrogen and oxygen atoms in total. The SMILES string of the molecule is CCOc1cc(C(=O)Nc2ccc(Cl)cc2Cl)ccc1OCC(=O)N1CCCCC1. The molecule has 1 N–H and O–H groups in total. The standard InChI is InChI=1S/C22H24Cl2N2O4/c1-2-29-20-12-15(22(28)25-18-8-7-16(23)13-17(18)24)6-9-19(20)30-14-21(27)26-10-4-3-5-11-26/h6-9,12-13H,2-5,10-11,14H2,1H3,(H,25,28). The van der Waals surface area contributed by atoms with E-state index in [0.717, 1.165) is 32.4 Å². The number of nitrogens with one attached hydrogen (secondary N) is 1. The maximum Gasteiger partial charge on any atom is 0.260 e. The van der Waals surface area contributed by atoms with E-state index in [-0.39, 0.29) is 18.4 Å². The van der Waals surface area contributed by atoms with Gasteiger partial charge in [0.15, 0.2) is 18.1 Å². The number of benzene rings is 2. The van der Waals surface area contributed by atoms with E-state index in [9.17, 15) is 9.59 Å². The zero-order valence-electron chi connectivity index (χ0n) is 16.7. The van der Waals surface area contributed by atoms with E-state index in [4.69, 9.17) is 32.7 Å². The van der Waals surface area contributed by atoms with Gasteiger partial charge in [0.25, 0.3) is 11.8 Å². The molecule has 1 heterocycles. The number of carbonyl (C=O) groups excluding carboxylic acids is 2. The zero-order chi connectivity index (χ0) is 21.5. The van der Waals surface area contributed by atoms with Gasteiger partial charge in [0, 0.05) is 23.7 Å². The summed E-state index contributed by atoms with van der Waals surface area (Å²) in [7, 11) is 0. The monoisotopic (exact) mass is 450 g/mol. The summed E-state index contributed by atoms with van der Waals surface area (Å²) in [6.45, 7) is 3.71. The maximum atomic E-state index is 12.6. The molecule has 3 rings (SSSR count). The summed E-state index contributed by atoms with van der Waals surface area (Å²) in [5.41, 5.74) is 0.829. The molecule has 2 amide bonds.